The smallest absolute Gasteiger partial charge is 0.148 e. The molecule has 1 saturated carbocycles. The molecule has 0 radical (unpaired) electrons. The number of benzene rings is 1. The summed E-state index contributed by atoms with van der Waals surface area (Å²) in [7, 11) is 0. The van der Waals surface area contributed by atoms with Gasteiger partial charge in [0.05, 0.1) is 17.2 Å². The lowest BCUT2D eigenvalue weighted by Crippen LogP contribution is -2.52. The number of fused-ring (bicyclic) bond motifs is 1. The van der Waals surface area contributed by atoms with E-state index in [1.54, 1.807) is 0 Å². The second-order valence-electron chi connectivity index (χ2n) is 5.99. The summed E-state index contributed by atoms with van der Waals surface area (Å²) in [5.41, 5.74) is 1.96. The van der Waals surface area contributed by atoms with Gasteiger partial charge in [-0.05, 0) is 31.9 Å². The van der Waals surface area contributed by atoms with Crippen LogP contribution in [0.5, 0.6) is 0 Å². The Morgan fingerprint density at radius 1 is 1.10 bits per heavy atom. The van der Waals surface area contributed by atoms with Gasteiger partial charge in [0.15, 0.2) is 0 Å². The fourth-order valence-corrected chi connectivity index (χ4v) is 3.18. The number of piperazine rings is 1. The third kappa shape index (κ3) is 2.83. The lowest BCUT2D eigenvalue weighted by molar-refractivity contribution is 0.219. The Labute approximate surface area is 131 Å². The van der Waals surface area contributed by atoms with Crippen molar-refractivity contribution in [3.63, 3.8) is 0 Å². The number of anilines is 1. The summed E-state index contributed by atoms with van der Waals surface area (Å²) in [6, 6.07) is 9.46. The van der Waals surface area contributed by atoms with Gasteiger partial charge in [0.1, 0.15) is 5.82 Å². The van der Waals surface area contributed by atoms with E-state index in [4.69, 9.17) is 4.98 Å². The van der Waals surface area contributed by atoms with Crippen molar-refractivity contribution in [3.8, 4) is 0 Å². The van der Waals surface area contributed by atoms with Gasteiger partial charge >= 0.3 is 0 Å². The molecule has 2 fully saturated rings. The first kappa shape index (κ1) is 14.5. The largest absolute Gasteiger partial charge is 0.350 e. The van der Waals surface area contributed by atoms with E-state index in [9.17, 15) is 0 Å². The van der Waals surface area contributed by atoms with Crippen molar-refractivity contribution < 1.29 is 0 Å². The predicted octanol–water partition coefficient (Wildman–Crippen LogP) is 2.72. The van der Waals surface area contributed by atoms with Gasteiger partial charge in [0, 0.05) is 31.7 Å². The van der Waals surface area contributed by atoms with E-state index in [0.29, 0.717) is 6.04 Å². The highest BCUT2D eigenvalue weighted by atomic mass is 35.5. The van der Waals surface area contributed by atoms with Crippen LogP contribution in [0.4, 0.5) is 5.82 Å². The van der Waals surface area contributed by atoms with E-state index in [1.807, 2.05) is 30.5 Å². The number of hydrogen-bond acceptors (Lipinski definition) is 4. The van der Waals surface area contributed by atoms with Crippen molar-refractivity contribution in [1.82, 2.24) is 14.9 Å². The normalized spacial score (nSPS) is 23.1. The molecule has 2 heterocycles. The molecule has 0 amide bonds. The minimum atomic E-state index is 0. The van der Waals surface area contributed by atoms with E-state index in [2.05, 4.69) is 21.7 Å². The molecular weight excluding hydrogens is 284 g/mol. The molecule has 1 aliphatic carbocycles. The maximum atomic E-state index is 4.78. The fourth-order valence-electron chi connectivity index (χ4n) is 3.18. The molecule has 4 rings (SSSR count). The van der Waals surface area contributed by atoms with Gasteiger partial charge in [-0.1, -0.05) is 12.1 Å². The van der Waals surface area contributed by atoms with Crippen molar-refractivity contribution in [2.75, 3.05) is 24.5 Å². The Kier molecular flexibility index (Phi) is 4.00. The Hall–Kier alpha value is -1.39. The van der Waals surface area contributed by atoms with Crippen LogP contribution in [0.15, 0.2) is 30.5 Å². The van der Waals surface area contributed by atoms with Crippen LogP contribution in [0.3, 0.4) is 0 Å². The van der Waals surface area contributed by atoms with Gasteiger partial charge in [0.2, 0.25) is 0 Å². The molecule has 1 aromatic heterocycles. The Morgan fingerprint density at radius 3 is 2.57 bits per heavy atom. The Balaban J connectivity index is 0.00000132. The number of para-hydroxylation sites is 2. The highest BCUT2D eigenvalue weighted by Crippen LogP contribution is 2.30. The monoisotopic (exact) mass is 304 g/mol. The summed E-state index contributed by atoms with van der Waals surface area (Å²) >= 11 is 0. The van der Waals surface area contributed by atoms with Crippen LogP contribution >= 0.6 is 12.4 Å². The molecular formula is C16H21ClN4. The number of halogens is 1. The molecule has 4 nitrogen and oxygen atoms in total. The highest BCUT2D eigenvalue weighted by molar-refractivity contribution is 5.85. The number of nitrogens with zero attached hydrogens (tertiary/aromatic N) is 4. The molecule has 1 aliphatic heterocycles. The molecule has 0 N–H and O–H groups in total. The van der Waals surface area contributed by atoms with Crippen LogP contribution in [0.25, 0.3) is 11.0 Å². The summed E-state index contributed by atoms with van der Waals surface area (Å²) in [4.78, 5) is 14.4. The third-order valence-electron chi connectivity index (χ3n) is 4.45. The minimum Gasteiger partial charge on any atom is -0.350 e. The molecule has 1 aromatic carbocycles. The zero-order valence-corrected chi connectivity index (χ0v) is 13.1. The summed E-state index contributed by atoms with van der Waals surface area (Å²) in [6.07, 6.45) is 4.70. The van der Waals surface area contributed by atoms with Gasteiger partial charge in [-0.2, -0.15) is 0 Å². The predicted molar refractivity (Wildman–Crippen MR) is 88.2 cm³/mol. The van der Waals surface area contributed by atoms with Gasteiger partial charge in [-0.25, -0.2) is 4.98 Å². The van der Waals surface area contributed by atoms with E-state index in [-0.39, 0.29) is 12.4 Å². The zero-order chi connectivity index (χ0) is 13.5. The Morgan fingerprint density at radius 2 is 1.86 bits per heavy atom. The molecule has 1 atom stereocenters. The summed E-state index contributed by atoms with van der Waals surface area (Å²) in [6.45, 7) is 5.67. The SMILES string of the molecule is CC1CN(C2CC2)CCN1c1cnc2ccccc2n1.Cl. The quantitative estimate of drug-likeness (QED) is 0.854. The number of hydrogen-bond donors (Lipinski definition) is 0. The molecule has 0 bridgehead atoms. The molecule has 1 saturated heterocycles. The topological polar surface area (TPSA) is 32.3 Å². The van der Waals surface area contributed by atoms with Crippen LogP contribution in [0, 0.1) is 0 Å². The van der Waals surface area contributed by atoms with Gasteiger partial charge in [-0.15, -0.1) is 12.4 Å². The van der Waals surface area contributed by atoms with Crippen LogP contribution in [-0.2, 0) is 0 Å². The van der Waals surface area contributed by atoms with Crippen molar-refractivity contribution in [1.29, 1.82) is 0 Å². The maximum absolute atomic E-state index is 4.78. The van der Waals surface area contributed by atoms with Crippen molar-refractivity contribution in [3.05, 3.63) is 30.5 Å². The summed E-state index contributed by atoms with van der Waals surface area (Å²) in [5.74, 6) is 1.02. The van der Waals surface area contributed by atoms with Crippen molar-refractivity contribution in [2.24, 2.45) is 0 Å². The van der Waals surface area contributed by atoms with E-state index in [1.165, 1.54) is 12.8 Å². The lowest BCUT2D eigenvalue weighted by atomic mass is 10.2. The standard InChI is InChI=1S/C16H20N4.ClH/c1-12-11-19(13-6-7-13)8-9-20(12)16-10-17-14-4-2-3-5-15(14)18-16;/h2-5,10,12-13H,6-9,11H2,1H3;1H. The average molecular weight is 305 g/mol. The fraction of sp³-hybridized carbons (Fsp3) is 0.500. The lowest BCUT2D eigenvalue weighted by Gasteiger charge is -2.40. The minimum absolute atomic E-state index is 0. The summed E-state index contributed by atoms with van der Waals surface area (Å²) < 4.78 is 0. The van der Waals surface area contributed by atoms with Crippen LogP contribution in [0.1, 0.15) is 19.8 Å². The number of aromatic nitrogens is 2. The molecule has 112 valence electrons. The van der Waals surface area contributed by atoms with Gasteiger partial charge in [-0.3, -0.25) is 9.88 Å². The molecule has 2 aromatic rings. The molecule has 21 heavy (non-hydrogen) atoms. The molecule has 5 heteroatoms. The van der Waals surface area contributed by atoms with E-state index < -0.39 is 0 Å². The average Bonchev–Trinajstić information content (AvgIpc) is 3.31. The number of rotatable bonds is 2. The Bertz CT molecular complexity index is 628. The van der Waals surface area contributed by atoms with Crippen molar-refractivity contribution in [2.45, 2.75) is 31.8 Å². The second kappa shape index (κ2) is 5.78. The zero-order valence-electron chi connectivity index (χ0n) is 12.3. The van der Waals surface area contributed by atoms with Gasteiger partial charge < -0.3 is 4.90 Å². The third-order valence-corrected chi connectivity index (χ3v) is 4.45. The van der Waals surface area contributed by atoms with Crippen molar-refractivity contribution >= 4 is 29.3 Å². The molecule has 1 unspecified atom stereocenters. The highest BCUT2D eigenvalue weighted by Gasteiger charge is 2.34. The van der Waals surface area contributed by atoms with Crippen LogP contribution in [0.2, 0.25) is 0 Å². The first-order valence-corrected chi connectivity index (χ1v) is 7.54. The van der Waals surface area contributed by atoms with E-state index in [0.717, 1.165) is 42.5 Å². The van der Waals surface area contributed by atoms with Gasteiger partial charge in [0.25, 0.3) is 0 Å². The second-order valence-corrected chi connectivity index (χ2v) is 5.99. The molecule has 0 spiro atoms. The van der Waals surface area contributed by atoms with Crippen LogP contribution in [-0.4, -0.2) is 46.6 Å². The van der Waals surface area contributed by atoms with E-state index >= 15 is 0 Å². The summed E-state index contributed by atoms with van der Waals surface area (Å²) in [5, 5.41) is 0. The maximum Gasteiger partial charge on any atom is 0.148 e. The first-order valence-electron chi connectivity index (χ1n) is 7.54. The molecule has 2 aliphatic rings. The first-order chi connectivity index (χ1) is 9.81. The van der Waals surface area contributed by atoms with Crippen LogP contribution < -0.4 is 4.90 Å².